The minimum absolute atomic E-state index is 0.162. The molecule has 0 bridgehead atoms. The molecule has 1 N–H and O–H groups in total. The van der Waals surface area contributed by atoms with E-state index in [0.29, 0.717) is 48.4 Å². The number of amides is 3. The fourth-order valence-corrected chi connectivity index (χ4v) is 2.95. The van der Waals surface area contributed by atoms with Gasteiger partial charge in [0.2, 0.25) is 0 Å². The number of piperazine rings is 1. The highest BCUT2D eigenvalue weighted by Gasteiger charge is 2.26. The Morgan fingerprint density at radius 2 is 1.88 bits per heavy atom. The highest BCUT2D eigenvalue weighted by Crippen LogP contribution is 2.31. The van der Waals surface area contributed by atoms with Crippen LogP contribution in [0.4, 0.5) is 10.5 Å². The predicted molar refractivity (Wildman–Crippen MR) is 97.9 cm³/mol. The van der Waals surface area contributed by atoms with Gasteiger partial charge in [0.25, 0.3) is 5.91 Å². The first-order valence-electron chi connectivity index (χ1n) is 8.22. The van der Waals surface area contributed by atoms with Gasteiger partial charge in [0, 0.05) is 37.3 Å². The number of carbonyl (C=O) groups excluding carboxylic acids is 2. The molecule has 1 aromatic carbocycles. The zero-order chi connectivity index (χ0) is 18.7. The molecule has 0 saturated carbocycles. The van der Waals surface area contributed by atoms with Crippen LogP contribution in [-0.4, -0.2) is 55.0 Å². The largest absolute Gasteiger partial charge is 0.495 e. The van der Waals surface area contributed by atoms with Gasteiger partial charge in [-0.25, -0.2) is 4.79 Å². The maximum Gasteiger partial charge on any atom is 0.322 e. The third-order valence-corrected chi connectivity index (χ3v) is 4.72. The molecule has 1 aliphatic rings. The molecule has 1 aliphatic heterocycles. The van der Waals surface area contributed by atoms with Crippen molar-refractivity contribution in [2.75, 3.05) is 38.6 Å². The van der Waals surface area contributed by atoms with Gasteiger partial charge in [-0.3, -0.25) is 4.79 Å². The lowest BCUT2D eigenvalue weighted by molar-refractivity contribution is 0.0640. The van der Waals surface area contributed by atoms with Gasteiger partial charge in [-0.2, -0.15) is 0 Å². The number of halogens is 1. The van der Waals surface area contributed by atoms with Crippen LogP contribution in [0.2, 0.25) is 5.02 Å². The summed E-state index contributed by atoms with van der Waals surface area (Å²) < 4.78 is 10.4. The average molecular weight is 378 g/mol. The van der Waals surface area contributed by atoms with E-state index in [1.807, 2.05) is 6.92 Å². The molecule has 0 aliphatic carbocycles. The zero-order valence-corrected chi connectivity index (χ0v) is 15.4. The number of hydrogen-bond acceptors (Lipinski definition) is 4. The average Bonchev–Trinajstić information content (AvgIpc) is 3.18. The quantitative estimate of drug-likeness (QED) is 0.891. The number of hydrogen-bond donors (Lipinski definition) is 1. The summed E-state index contributed by atoms with van der Waals surface area (Å²) in [5.74, 6) is 0.648. The van der Waals surface area contributed by atoms with Crippen molar-refractivity contribution in [1.82, 2.24) is 9.80 Å². The number of urea groups is 1. The highest BCUT2D eigenvalue weighted by atomic mass is 35.5. The third-order valence-electron chi connectivity index (χ3n) is 4.31. The molecule has 0 radical (unpaired) electrons. The SMILES string of the molecule is COc1cc(Cl)c(C)cc1NC(=O)N1CCN(C(=O)c2ccco2)CC1. The molecule has 8 heteroatoms. The van der Waals surface area contributed by atoms with Gasteiger partial charge in [-0.05, 0) is 30.7 Å². The van der Waals surface area contributed by atoms with Crippen molar-refractivity contribution in [3.63, 3.8) is 0 Å². The van der Waals surface area contributed by atoms with Gasteiger partial charge < -0.3 is 24.3 Å². The van der Waals surface area contributed by atoms with Gasteiger partial charge in [-0.1, -0.05) is 11.6 Å². The fourth-order valence-electron chi connectivity index (χ4n) is 2.79. The van der Waals surface area contributed by atoms with Crippen LogP contribution < -0.4 is 10.1 Å². The Balaban J connectivity index is 1.61. The minimum atomic E-state index is -0.241. The summed E-state index contributed by atoms with van der Waals surface area (Å²) in [7, 11) is 1.52. The first kappa shape index (κ1) is 18.1. The third kappa shape index (κ3) is 3.77. The summed E-state index contributed by atoms with van der Waals surface area (Å²) in [4.78, 5) is 28.1. The first-order valence-corrected chi connectivity index (χ1v) is 8.60. The number of nitrogens with one attached hydrogen (secondary N) is 1. The van der Waals surface area contributed by atoms with E-state index in [1.165, 1.54) is 13.4 Å². The van der Waals surface area contributed by atoms with E-state index < -0.39 is 0 Å². The standard InChI is InChI=1S/C18H20ClN3O4/c1-12-10-14(16(25-2)11-13(12)19)20-18(24)22-7-5-21(6-8-22)17(23)15-4-3-9-26-15/h3-4,9-11H,5-8H2,1-2H3,(H,20,24). The van der Waals surface area contributed by atoms with Crippen molar-refractivity contribution in [1.29, 1.82) is 0 Å². The van der Waals surface area contributed by atoms with Gasteiger partial charge in [-0.15, -0.1) is 0 Å². The van der Waals surface area contributed by atoms with Crippen LogP contribution in [0.15, 0.2) is 34.9 Å². The molecule has 0 unspecified atom stereocenters. The smallest absolute Gasteiger partial charge is 0.322 e. The van der Waals surface area contributed by atoms with Crippen LogP contribution in [0, 0.1) is 6.92 Å². The summed E-state index contributed by atoms with van der Waals surface area (Å²) in [6, 6.07) is 6.52. The summed E-state index contributed by atoms with van der Waals surface area (Å²) in [6.07, 6.45) is 1.47. The second-order valence-electron chi connectivity index (χ2n) is 5.99. The Morgan fingerprint density at radius 3 is 2.50 bits per heavy atom. The van der Waals surface area contributed by atoms with Crippen molar-refractivity contribution < 1.29 is 18.7 Å². The molecule has 0 spiro atoms. The first-order chi connectivity index (χ1) is 12.5. The molecule has 26 heavy (non-hydrogen) atoms. The second kappa shape index (κ2) is 7.70. The van der Waals surface area contributed by atoms with E-state index in [1.54, 1.807) is 34.1 Å². The number of nitrogens with zero attached hydrogens (tertiary/aromatic N) is 2. The van der Waals surface area contributed by atoms with Crippen LogP contribution in [-0.2, 0) is 0 Å². The Kier molecular flexibility index (Phi) is 5.37. The van der Waals surface area contributed by atoms with Crippen LogP contribution in [0.3, 0.4) is 0 Å². The minimum Gasteiger partial charge on any atom is -0.495 e. The van der Waals surface area contributed by atoms with Crippen molar-refractivity contribution in [3.05, 3.63) is 46.9 Å². The Hall–Kier alpha value is -2.67. The second-order valence-corrected chi connectivity index (χ2v) is 6.40. The van der Waals surface area contributed by atoms with Crippen LogP contribution in [0.25, 0.3) is 0 Å². The highest BCUT2D eigenvalue weighted by molar-refractivity contribution is 6.31. The van der Waals surface area contributed by atoms with E-state index in [-0.39, 0.29) is 11.9 Å². The number of aryl methyl sites for hydroxylation is 1. The number of methoxy groups -OCH3 is 1. The van der Waals surface area contributed by atoms with Crippen LogP contribution in [0.5, 0.6) is 5.75 Å². The van der Waals surface area contributed by atoms with Crippen molar-refractivity contribution in [2.24, 2.45) is 0 Å². The van der Waals surface area contributed by atoms with E-state index >= 15 is 0 Å². The molecule has 138 valence electrons. The molecular formula is C18H20ClN3O4. The summed E-state index contributed by atoms with van der Waals surface area (Å²) in [5, 5.41) is 3.43. The summed E-state index contributed by atoms with van der Waals surface area (Å²) in [5.41, 5.74) is 1.41. The van der Waals surface area contributed by atoms with Crippen molar-refractivity contribution in [2.45, 2.75) is 6.92 Å². The van der Waals surface area contributed by atoms with Gasteiger partial charge in [0.15, 0.2) is 5.76 Å². The molecule has 1 aromatic heterocycles. The molecule has 0 atom stereocenters. The summed E-state index contributed by atoms with van der Waals surface area (Å²) in [6.45, 7) is 3.63. The lowest BCUT2D eigenvalue weighted by Gasteiger charge is -2.34. The van der Waals surface area contributed by atoms with Crippen molar-refractivity contribution >= 4 is 29.2 Å². The van der Waals surface area contributed by atoms with E-state index in [0.717, 1.165) is 5.56 Å². The summed E-state index contributed by atoms with van der Waals surface area (Å²) >= 11 is 6.09. The lowest BCUT2D eigenvalue weighted by atomic mass is 10.2. The van der Waals surface area contributed by atoms with Crippen LogP contribution in [0.1, 0.15) is 16.1 Å². The molecule has 3 amide bonds. The van der Waals surface area contributed by atoms with Gasteiger partial charge in [0.05, 0.1) is 19.1 Å². The van der Waals surface area contributed by atoms with Crippen LogP contribution >= 0.6 is 11.6 Å². The number of anilines is 1. The number of ether oxygens (including phenoxy) is 1. The monoisotopic (exact) mass is 377 g/mol. The Labute approximate surface area is 156 Å². The van der Waals surface area contributed by atoms with Gasteiger partial charge >= 0.3 is 6.03 Å². The molecular weight excluding hydrogens is 358 g/mol. The van der Waals surface area contributed by atoms with Crippen molar-refractivity contribution in [3.8, 4) is 5.75 Å². The number of rotatable bonds is 3. The van der Waals surface area contributed by atoms with Gasteiger partial charge in [0.1, 0.15) is 5.75 Å². The molecule has 7 nitrogen and oxygen atoms in total. The number of carbonyl (C=O) groups is 2. The number of furan rings is 1. The lowest BCUT2D eigenvalue weighted by Crippen LogP contribution is -2.51. The molecule has 2 aromatic rings. The van der Waals surface area contributed by atoms with E-state index in [4.69, 9.17) is 20.8 Å². The predicted octanol–water partition coefficient (Wildman–Crippen LogP) is 3.24. The molecule has 1 fully saturated rings. The number of benzene rings is 1. The fraction of sp³-hybridized carbons (Fsp3) is 0.333. The maximum atomic E-state index is 12.5. The maximum absolute atomic E-state index is 12.5. The molecule has 3 rings (SSSR count). The van der Waals surface area contributed by atoms with E-state index in [9.17, 15) is 9.59 Å². The normalized spacial score (nSPS) is 14.3. The topological polar surface area (TPSA) is 75.0 Å². The molecule has 1 saturated heterocycles. The molecule has 2 heterocycles. The van der Waals surface area contributed by atoms with E-state index in [2.05, 4.69) is 5.32 Å². The zero-order valence-electron chi connectivity index (χ0n) is 14.6. The Morgan fingerprint density at radius 1 is 1.19 bits per heavy atom. The Bertz CT molecular complexity index is 799.